The molecule has 2 aliphatic carbocycles. The zero-order valence-electron chi connectivity index (χ0n) is 30.3. The average Bonchev–Trinajstić information content (AvgIpc) is 3.78. The van der Waals surface area contributed by atoms with Gasteiger partial charge in [-0.2, -0.15) is 0 Å². The van der Waals surface area contributed by atoms with E-state index in [-0.39, 0.29) is 12.1 Å². The fourth-order valence-corrected chi connectivity index (χ4v) is 9.87. The quantitative estimate of drug-likeness (QED) is 0.179. The van der Waals surface area contributed by atoms with E-state index in [1.54, 1.807) is 0 Å². The molecule has 4 nitrogen and oxygen atoms in total. The zero-order valence-corrected chi connectivity index (χ0v) is 30.3. The Kier molecular flexibility index (Phi) is 6.41. The van der Waals surface area contributed by atoms with Gasteiger partial charge in [-0.3, -0.25) is 4.57 Å². The molecule has 0 spiro atoms. The van der Waals surface area contributed by atoms with Crippen molar-refractivity contribution in [3.05, 3.63) is 187 Å². The molecule has 3 unspecified atom stereocenters. The number of nitrogens with zero attached hydrogens (tertiary/aromatic N) is 3. The Hall–Kier alpha value is -6.91. The molecule has 0 saturated carbocycles. The predicted molar refractivity (Wildman–Crippen MR) is 233 cm³/mol. The minimum absolute atomic E-state index is 0.00797. The molecule has 2 aromatic heterocycles. The van der Waals surface area contributed by atoms with Crippen molar-refractivity contribution in [2.45, 2.75) is 19.0 Å². The first-order chi connectivity index (χ1) is 27.3. The van der Waals surface area contributed by atoms with Crippen LogP contribution < -0.4 is 5.32 Å². The van der Waals surface area contributed by atoms with Gasteiger partial charge >= 0.3 is 0 Å². The summed E-state index contributed by atoms with van der Waals surface area (Å²) in [6.45, 7) is 2.34. The highest BCUT2D eigenvalue weighted by Gasteiger charge is 2.31. The second-order valence-corrected chi connectivity index (χ2v) is 15.1. The van der Waals surface area contributed by atoms with Crippen LogP contribution in [0.4, 0.5) is 0 Å². The summed E-state index contributed by atoms with van der Waals surface area (Å²) in [5.74, 6) is 1.16. The van der Waals surface area contributed by atoms with E-state index in [1.807, 2.05) is 0 Å². The number of allylic oxidation sites excluding steroid dienone is 6. The Balaban J connectivity index is 1.32. The van der Waals surface area contributed by atoms with Crippen molar-refractivity contribution in [1.29, 1.82) is 0 Å². The second kappa shape index (κ2) is 11.5. The van der Waals surface area contributed by atoms with E-state index in [9.17, 15) is 0 Å². The van der Waals surface area contributed by atoms with E-state index >= 15 is 0 Å². The lowest BCUT2D eigenvalue weighted by Gasteiger charge is -2.29. The number of fused-ring (bicyclic) bond motifs is 16. The summed E-state index contributed by atoms with van der Waals surface area (Å²) in [5.41, 5.74) is 8.15. The van der Waals surface area contributed by atoms with Crippen molar-refractivity contribution in [2.75, 3.05) is 0 Å². The molecule has 1 N–H and O–H groups in total. The highest BCUT2D eigenvalue weighted by Crippen LogP contribution is 2.50. The Labute approximate surface area is 318 Å². The Morgan fingerprint density at radius 2 is 1.09 bits per heavy atom. The van der Waals surface area contributed by atoms with Crippen LogP contribution in [-0.4, -0.2) is 21.1 Å². The van der Waals surface area contributed by atoms with Gasteiger partial charge in [0.25, 0.3) is 0 Å². The number of hydrogen-bond acceptors (Lipinski definition) is 2. The van der Waals surface area contributed by atoms with E-state index in [2.05, 4.69) is 197 Å². The number of hydrogen-bond donors (Lipinski definition) is 1. The molecule has 0 radical (unpaired) electrons. The molecule has 260 valence electrons. The van der Waals surface area contributed by atoms with Gasteiger partial charge in [-0.15, -0.1) is 0 Å². The molecular weight excluding hydrogens is 669 g/mol. The highest BCUT2D eigenvalue weighted by atomic mass is 15.2. The first-order valence-electron chi connectivity index (χ1n) is 19.3. The lowest BCUT2D eigenvalue weighted by molar-refractivity contribution is 0.511. The zero-order chi connectivity index (χ0) is 36.2. The Bertz CT molecular complexity index is 3310. The van der Waals surface area contributed by atoms with E-state index in [0.717, 1.165) is 22.7 Å². The molecule has 3 atom stereocenters. The van der Waals surface area contributed by atoms with Gasteiger partial charge in [-0.25, -0.2) is 4.99 Å². The van der Waals surface area contributed by atoms with Crippen molar-refractivity contribution in [3.63, 3.8) is 0 Å². The van der Waals surface area contributed by atoms with Crippen LogP contribution in [0.15, 0.2) is 187 Å². The van der Waals surface area contributed by atoms with Crippen LogP contribution in [0.25, 0.3) is 81.6 Å². The highest BCUT2D eigenvalue weighted by molar-refractivity contribution is 6.45. The minimum atomic E-state index is -0.00797. The number of aromatic nitrogens is 2. The van der Waals surface area contributed by atoms with E-state index in [4.69, 9.17) is 4.99 Å². The van der Waals surface area contributed by atoms with Crippen LogP contribution in [0.2, 0.25) is 0 Å². The fraction of sp³-hybridized carbons (Fsp3) is 0.0784. The molecule has 3 heterocycles. The Morgan fingerprint density at radius 3 is 1.85 bits per heavy atom. The molecule has 0 fully saturated rings. The summed E-state index contributed by atoms with van der Waals surface area (Å²) < 4.78 is 5.05. The van der Waals surface area contributed by atoms with Crippen LogP contribution in [0.3, 0.4) is 0 Å². The van der Waals surface area contributed by atoms with Crippen LogP contribution in [0.1, 0.15) is 18.5 Å². The number of para-hydroxylation sites is 2. The smallest absolute Gasteiger partial charge is 0.209 e. The normalized spacial score (nSPS) is 19.4. The standard InChI is InChI=1S/C51H36N4/c1-31-17-5-14-28-41(31)54-42-29-15-11-25-38(42)44-33-20-6-7-21-34(33)45-46(50(44)54)35-22-8-9-23-36(35)49-47(45)39-26-12-16-30-43(39)55(49)51-52-40-27-13-10-24-37(40)48(53-51)32-18-3-2-4-19-32/h2-31,40-41H,1H3,(H,52,53). The fourth-order valence-electron chi connectivity index (χ4n) is 9.87. The van der Waals surface area contributed by atoms with Crippen LogP contribution in [0, 0.1) is 5.92 Å². The Morgan fingerprint density at radius 1 is 0.509 bits per heavy atom. The van der Waals surface area contributed by atoms with Gasteiger partial charge in [0.15, 0.2) is 0 Å². The largest absolute Gasteiger partial charge is 0.345 e. The lowest BCUT2D eigenvalue weighted by atomic mass is 9.89. The summed E-state index contributed by atoms with van der Waals surface area (Å²) in [7, 11) is 0. The first kappa shape index (κ1) is 30.5. The topological polar surface area (TPSA) is 34.2 Å². The van der Waals surface area contributed by atoms with Gasteiger partial charge in [0.1, 0.15) is 0 Å². The van der Waals surface area contributed by atoms with Gasteiger partial charge in [-0.1, -0.05) is 171 Å². The van der Waals surface area contributed by atoms with Crippen molar-refractivity contribution >= 4 is 87.6 Å². The predicted octanol–water partition coefficient (Wildman–Crippen LogP) is 12.4. The third-order valence-corrected chi connectivity index (χ3v) is 12.2. The third kappa shape index (κ3) is 4.19. The molecule has 0 amide bonds. The molecule has 0 bridgehead atoms. The van der Waals surface area contributed by atoms with Gasteiger partial charge in [0, 0.05) is 54.4 Å². The molecular formula is C51H36N4. The molecule has 1 aliphatic heterocycles. The summed E-state index contributed by atoms with van der Waals surface area (Å²) in [5, 5.41) is 16.6. The summed E-state index contributed by atoms with van der Waals surface area (Å²) in [6.07, 6.45) is 17.8. The average molecular weight is 705 g/mol. The first-order valence-corrected chi connectivity index (χ1v) is 19.3. The number of aliphatic imine (C=N–C) groups is 1. The number of nitrogens with one attached hydrogen (secondary N) is 1. The van der Waals surface area contributed by atoms with Gasteiger partial charge in [0.05, 0.1) is 34.3 Å². The van der Waals surface area contributed by atoms with Crippen LogP contribution >= 0.6 is 0 Å². The van der Waals surface area contributed by atoms with Crippen molar-refractivity contribution in [3.8, 4) is 0 Å². The second-order valence-electron chi connectivity index (χ2n) is 15.1. The number of benzene rings is 7. The molecule has 9 aromatic rings. The van der Waals surface area contributed by atoms with Gasteiger partial charge in [0.2, 0.25) is 5.96 Å². The van der Waals surface area contributed by atoms with Crippen molar-refractivity contribution in [1.82, 2.24) is 14.5 Å². The third-order valence-electron chi connectivity index (χ3n) is 12.2. The van der Waals surface area contributed by atoms with Gasteiger partial charge in [-0.05, 0) is 34.2 Å². The monoisotopic (exact) mass is 704 g/mol. The summed E-state index contributed by atoms with van der Waals surface area (Å²) in [4.78, 5) is 5.54. The SMILES string of the molecule is CC1C=CC=CC1n1c2ccccc2c2c3ccccc3c3c4c5ccccc5n(C5=NC(c6ccccc6)=C6C=CC=CC6N5)c4c4ccccc4c3c21. The van der Waals surface area contributed by atoms with E-state index in [1.165, 1.54) is 76.0 Å². The van der Waals surface area contributed by atoms with E-state index < -0.39 is 0 Å². The maximum Gasteiger partial charge on any atom is 0.209 e. The molecule has 0 saturated heterocycles. The number of rotatable bonds is 2. The molecule has 7 aromatic carbocycles. The lowest BCUT2D eigenvalue weighted by Crippen LogP contribution is -2.42. The summed E-state index contributed by atoms with van der Waals surface area (Å²) >= 11 is 0. The summed E-state index contributed by atoms with van der Waals surface area (Å²) in [6, 6.07) is 46.8. The van der Waals surface area contributed by atoms with Gasteiger partial charge < -0.3 is 9.88 Å². The maximum absolute atomic E-state index is 5.54. The maximum atomic E-state index is 5.54. The van der Waals surface area contributed by atoms with Crippen LogP contribution in [-0.2, 0) is 0 Å². The van der Waals surface area contributed by atoms with E-state index in [0.29, 0.717) is 5.92 Å². The molecule has 4 heteroatoms. The van der Waals surface area contributed by atoms with Crippen molar-refractivity contribution < 1.29 is 0 Å². The minimum Gasteiger partial charge on any atom is -0.345 e. The molecule has 3 aliphatic rings. The van der Waals surface area contributed by atoms with Crippen molar-refractivity contribution in [2.24, 2.45) is 10.9 Å². The molecule has 55 heavy (non-hydrogen) atoms. The van der Waals surface area contributed by atoms with Crippen LogP contribution in [0.5, 0.6) is 0 Å². The molecule has 12 rings (SSSR count).